The number of fused-ring (bicyclic) bond motifs is 1. The Kier molecular flexibility index (Phi) is 6.04. The molecule has 3 aromatic carbocycles. The van der Waals surface area contributed by atoms with Gasteiger partial charge in [-0.2, -0.15) is 0 Å². The highest BCUT2D eigenvalue weighted by atomic mass is 79.9. The summed E-state index contributed by atoms with van der Waals surface area (Å²) in [5, 5.41) is 2.87. The molecule has 0 saturated carbocycles. The SMILES string of the molecule is C[C@H](Oc1ccccc1)C(=O)N1CC(=O)Nc2ccc(Br)cc2[C@H]1c1ccc(F)cc1. The van der Waals surface area contributed by atoms with Gasteiger partial charge in [-0.25, -0.2) is 4.39 Å². The Morgan fingerprint density at radius 1 is 1.13 bits per heavy atom. The van der Waals surface area contributed by atoms with Crippen molar-refractivity contribution in [1.82, 2.24) is 4.90 Å². The molecule has 0 fully saturated rings. The van der Waals surface area contributed by atoms with E-state index in [4.69, 9.17) is 4.74 Å². The summed E-state index contributed by atoms with van der Waals surface area (Å²) in [7, 11) is 0. The second kappa shape index (κ2) is 8.89. The number of para-hydroxylation sites is 1. The minimum atomic E-state index is -0.827. The van der Waals surface area contributed by atoms with Gasteiger partial charge < -0.3 is 15.0 Å². The third-order valence-corrected chi connectivity index (χ3v) is 5.57. The van der Waals surface area contributed by atoms with Crippen molar-refractivity contribution in [3.8, 4) is 5.75 Å². The largest absolute Gasteiger partial charge is 0.481 e. The van der Waals surface area contributed by atoms with E-state index >= 15 is 0 Å². The number of hydrogen-bond donors (Lipinski definition) is 1. The molecule has 1 aliphatic heterocycles. The normalized spacial score (nSPS) is 16.7. The average Bonchev–Trinajstić information content (AvgIpc) is 2.90. The number of halogens is 2. The van der Waals surface area contributed by atoms with Gasteiger partial charge in [0.25, 0.3) is 5.91 Å². The highest BCUT2D eigenvalue weighted by Gasteiger charge is 2.36. The Balaban J connectivity index is 1.76. The van der Waals surface area contributed by atoms with Crippen molar-refractivity contribution in [2.75, 3.05) is 11.9 Å². The lowest BCUT2D eigenvalue weighted by molar-refractivity contribution is -0.142. The van der Waals surface area contributed by atoms with E-state index in [1.165, 1.54) is 17.0 Å². The van der Waals surface area contributed by atoms with Gasteiger partial charge in [0.05, 0.1) is 6.04 Å². The van der Waals surface area contributed by atoms with E-state index in [9.17, 15) is 14.0 Å². The van der Waals surface area contributed by atoms with Crippen LogP contribution in [0.5, 0.6) is 5.75 Å². The van der Waals surface area contributed by atoms with Gasteiger partial charge in [-0.05, 0) is 55.0 Å². The summed E-state index contributed by atoms with van der Waals surface area (Å²) in [4.78, 5) is 27.6. The molecule has 2 atom stereocenters. The lowest BCUT2D eigenvalue weighted by Gasteiger charge is -2.32. The predicted molar refractivity (Wildman–Crippen MR) is 119 cm³/mol. The molecule has 7 heteroatoms. The Morgan fingerprint density at radius 2 is 1.84 bits per heavy atom. The summed E-state index contributed by atoms with van der Waals surface area (Å²) in [5.74, 6) is -0.474. The number of nitrogens with one attached hydrogen (secondary N) is 1. The lowest BCUT2D eigenvalue weighted by Crippen LogP contribution is -2.45. The van der Waals surface area contributed by atoms with Crippen LogP contribution in [0.1, 0.15) is 24.1 Å². The van der Waals surface area contributed by atoms with E-state index in [2.05, 4.69) is 21.2 Å². The molecule has 158 valence electrons. The first kappa shape index (κ1) is 21.1. The maximum atomic E-state index is 13.6. The maximum absolute atomic E-state index is 13.6. The minimum absolute atomic E-state index is 0.157. The van der Waals surface area contributed by atoms with Crippen LogP contribution in [0.25, 0.3) is 0 Å². The zero-order valence-electron chi connectivity index (χ0n) is 16.7. The molecule has 0 saturated heterocycles. The van der Waals surface area contributed by atoms with E-state index in [0.29, 0.717) is 17.0 Å². The molecule has 5 nitrogen and oxygen atoms in total. The Bertz CT molecular complexity index is 1110. The molecule has 31 heavy (non-hydrogen) atoms. The quantitative estimate of drug-likeness (QED) is 0.573. The van der Waals surface area contributed by atoms with Crippen LogP contribution in [-0.2, 0) is 9.59 Å². The lowest BCUT2D eigenvalue weighted by atomic mass is 9.95. The fourth-order valence-electron chi connectivity index (χ4n) is 3.67. The van der Waals surface area contributed by atoms with Crippen LogP contribution in [0, 0.1) is 5.82 Å². The Hall–Kier alpha value is -3.19. The van der Waals surface area contributed by atoms with Crippen LogP contribution < -0.4 is 10.1 Å². The highest BCUT2D eigenvalue weighted by Crippen LogP contribution is 2.37. The van der Waals surface area contributed by atoms with Crippen LogP contribution in [0.2, 0.25) is 0 Å². The van der Waals surface area contributed by atoms with Crippen molar-refractivity contribution < 1.29 is 18.7 Å². The molecule has 1 N–H and O–H groups in total. The standard InChI is InChI=1S/C24H20BrFN2O3/c1-15(31-19-5-3-2-4-6-19)24(30)28-14-22(29)27-21-12-9-17(25)13-20(21)23(28)16-7-10-18(26)11-8-16/h2-13,15,23H,14H2,1H3,(H,27,29)/t15-,23+/m0/s1. The molecule has 1 heterocycles. The van der Waals surface area contributed by atoms with Gasteiger partial charge in [-0.15, -0.1) is 0 Å². The number of benzene rings is 3. The van der Waals surface area contributed by atoms with Gasteiger partial charge in [0.15, 0.2) is 6.10 Å². The first-order chi connectivity index (χ1) is 14.9. The van der Waals surface area contributed by atoms with Crippen molar-refractivity contribution in [2.45, 2.75) is 19.1 Å². The summed E-state index contributed by atoms with van der Waals surface area (Å²) in [6.07, 6.45) is -0.827. The molecular weight excluding hydrogens is 463 g/mol. The summed E-state index contributed by atoms with van der Waals surface area (Å²) in [5.41, 5.74) is 2.03. The first-order valence-corrected chi connectivity index (χ1v) is 10.6. The molecule has 1 aliphatic rings. The molecule has 0 bridgehead atoms. The number of carbonyl (C=O) groups is 2. The summed E-state index contributed by atoms with van der Waals surface area (Å²) in [6, 6.07) is 19.8. The van der Waals surface area contributed by atoms with Crippen LogP contribution >= 0.6 is 15.9 Å². The fraction of sp³-hybridized carbons (Fsp3) is 0.167. The van der Waals surface area contributed by atoms with Gasteiger partial charge >= 0.3 is 0 Å². The number of carbonyl (C=O) groups excluding carboxylic acids is 2. The summed E-state index contributed by atoms with van der Waals surface area (Å²) in [6.45, 7) is 1.50. The van der Waals surface area contributed by atoms with Crippen molar-refractivity contribution in [1.29, 1.82) is 0 Å². The maximum Gasteiger partial charge on any atom is 0.264 e. The second-order valence-electron chi connectivity index (χ2n) is 7.27. The number of anilines is 1. The minimum Gasteiger partial charge on any atom is -0.481 e. The number of nitrogens with zero attached hydrogens (tertiary/aromatic N) is 1. The van der Waals surface area contributed by atoms with Crippen molar-refractivity contribution in [3.05, 3.63) is 94.2 Å². The summed E-state index contributed by atoms with van der Waals surface area (Å²) >= 11 is 3.47. The number of amides is 2. The van der Waals surface area contributed by atoms with Crippen molar-refractivity contribution in [3.63, 3.8) is 0 Å². The third kappa shape index (κ3) is 4.61. The van der Waals surface area contributed by atoms with E-state index in [-0.39, 0.29) is 24.2 Å². The molecule has 0 radical (unpaired) electrons. The van der Waals surface area contributed by atoms with E-state index < -0.39 is 12.1 Å². The molecule has 0 aliphatic carbocycles. The van der Waals surface area contributed by atoms with Crippen molar-refractivity contribution >= 4 is 33.4 Å². The summed E-state index contributed by atoms with van der Waals surface area (Å²) < 4.78 is 20.2. The van der Waals surface area contributed by atoms with Crippen LogP contribution in [0.15, 0.2) is 77.3 Å². The van der Waals surface area contributed by atoms with Crippen molar-refractivity contribution in [2.24, 2.45) is 0 Å². The second-order valence-corrected chi connectivity index (χ2v) is 8.19. The topological polar surface area (TPSA) is 58.6 Å². The number of ether oxygens (including phenoxy) is 1. The smallest absolute Gasteiger partial charge is 0.264 e. The average molecular weight is 483 g/mol. The van der Waals surface area contributed by atoms with E-state index in [1.54, 1.807) is 37.3 Å². The van der Waals surface area contributed by atoms with Crippen LogP contribution in [0.4, 0.5) is 10.1 Å². The van der Waals surface area contributed by atoms with Gasteiger partial charge in [0.2, 0.25) is 5.91 Å². The van der Waals surface area contributed by atoms with Gasteiger partial charge in [-0.3, -0.25) is 9.59 Å². The zero-order chi connectivity index (χ0) is 22.0. The molecule has 4 rings (SSSR count). The molecule has 2 amide bonds. The molecular formula is C24H20BrFN2O3. The van der Waals surface area contributed by atoms with Crippen LogP contribution in [0.3, 0.4) is 0 Å². The zero-order valence-corrected chi connectivity index (χ0v) is 18.3. The third-order valence-electron chi connectivity index (χ3n) is 5.08. The molecule has 3 aromatic rings. The molecule has 0 aromatic heterocycles. The van der Waals surface area contributed by atoms with Gasteiger partial charge in [0.1, 0.15) is 18.1 Å². The Morgan fingerprint density at radius 3 is 2.55 bits per heavy atom. The van der Waals surface area contributed by atoms with Crippen LogP contribution in [-0.4, -0.2) is 29.4 Å². The monoisotopic (exact) mass is 482 g/mol. The number of rotatable bonds is 4. The van der Waals surface area contributed by atoms with E-state index in [0.717, 1.165) is 10.0 Å². The Labute approximate surface area is 188 Å². The number of hydrogen-bond acceptors (Lipinski definition) is 3. The van der Waals surface area contributed by atoms with Gasteiger partial charge in [-0.1, -0.05) is 46.3 Å². The molecule has 0 unspecified atom stereocenters. The predicted octanol–water partition coefficient (Wildman–Crippen LogP) is 4.93. The highest BCUT2D eigenvalue weighted by molar-refractivity contribution is 9.10. The molecule has 0 spiro atoms. The van der Waals surface area contributed by atoms with E-state index in [1.807, 2.05) is 30.3 Å². The van der Waals surface area contributed by atoms with Gasteiger partial charge in [0, 0.05) is 15.7 Å². The fourth-order valence-corrected chi connectivity index (χ4v) is 4.05. The first-order valence-electron chi connectivity index (χ1n) is 9.79.